The van der Waals surface area contributed by atoms with E-state index in [4.69, 9.17) is 9.72 Å². The van der Waals surface area contributed by atoms with Crippen LogP contribution in [0.25, 0.3) is 11.0 Å². The fourth-order valence-electron chi connectivity index (χ4n) is 3.83. The highest BCUT2D eigenvalue weighted by atomic mass is 32.2. The van der Waals surface area contributed by atoms with E-state index in [0.29, 0.717) is 17.6 Å². The van der Waals surface area contributed by atoms with Gasteiger partial charge in [-0.1, -0.05) is 12.1 Å². The zero-order valence-corrected chi connectivity index (χ0v) is 17.7. The maximum absolute atomic E-state index is 10.3. The molecule has 1 aliphatic heterocycles. The van der Waals surface area contributed by atoms with Crippen LogP contribution in [0.4, 0.5) is 0 Å². The van der Waals surface area contributed by atoms with E-state index in [0.717, 1.165) is 58.1 Å². The minimum atomic E-state index is 0.335. The van der Waals surface area contributed by atoms with Crippen LogP contribution in [0, 0.1) is 20.8 Å². The van der Waals surface area contributed by atoms with Gasteiger partial charge in [0.15, 0.2) is 0 Å². The molecule has 3 aromatic rings. The Bertz CT molecular complexity index is 1010. The van der Waals surface area contributed by atoms with Crippen molar-refractivity contribution in [2.75, 3.05) is 12.4 Å². The van der Waals surface area contributed by atoms with E-state index >= 15 is 0 Å². The number of imidazole rings is 1. The van der Waals surface area contributed by atoms with Gasteiger partial charge in [-0.2, -0.15) is 0 Å². The molecule has 0 spiro atoms. The normalized spacial score (nSPS) is 16.8. The summed E-state index contributed by atoms with van der Waals surface area (Å²) in [6, 6.07) is 8.38. The summed E-state index contributed by atoms with van der Waals surface area (Å²) in [5.41, 5.74) is 6.04. The molecule has 0 amide bonds. The lowest BCUT2D eigenvalue weighted by Crippen LogP contribution is -2.14. The molecule has 1 aliphatic rings. The third-order valence-electron chi connectivity index (χ3n) is 5.72. The standard InChI is InChI=1S/C22H27N3O2S/c1-13-14(2)22(26)15(3)20-21(13)25(4)19(24-20)11-27-17-7-5-16(6-8-17)9-18-10-23-12-28-18/h5-8,18,23,26H,9-12H2,1-4H3. The first-order chi connectivity index (χ1) is 13.5. The molecule has 1 aromatic heterocycles. The largest absolute Gasteiger partial charge is 0.507 e. The molecule has 28 heavy (non-hydrogen) atoms. The van der Waals surface area contributed by atoms with Crippen LogP contribution in [0.3, 0.4) is 0 Å². The van der Waals surface area contributed by atoms with Gasteiger partial charge in [0.2, 0.25) is 0 Å². The molecule has 1 atom stereocenters. The van der Waals surface area contributed by atoms with Crippen molar-refractivity contribution in [1.29, 1.82) is 0 Å². The van der Waals surface area contributed by atoms with Gasteiger partial charge in [0.1, 0.15) is 23.9 Å². The highest BCUT2D eigenvalue weighted by Crippen LogP contribution is 2.34. The molecular formula is C22H27N3O2S. The number of phenolic OH excluding ortho intramolecular Hbond substituents is 1. The van der Waals surface area contributed by atoms with Gasteiger partial charge in [0.25, 0.3) is 0 Å². The predicted molar refractivity (Wildman–Crippen MR) is 115 cm³/mol. The maximum atomic E-state index is 10.3. The lowest BCUT2D eigenvalue weighted by molar-refractivity contribution is 0.292. The van der Waals surface area contributed by atoms with Gasteiger partial charge in [-0.15, -0.1) is 11.8 Å². The molecular weight excluding hydrogens is 370 g/mol. The molecule has 2 heterocycles. The number of phenols is 1. The molecule has 2 aromatic carbocycles. The van der Waals surface area contributed by atoms with Crippen molar-refractivity contribution in [3.63, 3.8) is 0 Å². The summed E-state index contributed by atoms with van der Waals surface area (Å²) in [5, 5.41) is 14.4. The molecule has 0 saturated carbocycles. The van der Waals surface area contributed by atoms with Crippen LogP contribution in [0.15, 0.2) is 24.3 Å². The highest BCUT2D eigenvalue weighted by molar-refractivity contribution is 8.00. The van der Waals surface area contributed by atoms with Gasteiger partial charge in [0, 0.05) is 30.3 Å². The Morgan fingerprint density at radius 3 is 2.61 bits per heavy atom. The number of thioether (sulfide) groups is 1. The number of benzene rings is 2. The Kier molecular flexibility index (Phi) is 5.25. The van der Waals surface area contributed by atoms with Gasteiger partial charge in [0.05, 0.1) is 11.0 Å². The number of nitrogens with one attached hydrogen (secondary N) is 1. The van der Waals surface area contributed by atoms with Crippen molar-refractivity contribution in [2.45, 2.75) is 39.0 Å². The van der Waals surface area contributed by atoms with Gasteiger partial charge in [-0.3, -0.25) is 0 Å². The Morgan fingerprint density at radius 1 is 1.18 bits per heavy atom. The quantitative estimate of drug-likeness (QED) is 0.682. The summed E-state index contributed by atoms with van der Waals surface area (Å²) in [4.78, 5) is 4.74. The summed E-state index contributed by atoms with van der Waals surface area (Å²) in [6.07, 6.45) is 1.09. The summed E-state index contributed by atoms with van der Waals surface area (Å²) < 4.78 is 8.08. The zero-order chi connectivity index (χ0) is 19.8. The highest BCUT2D eigenvalue weighted by Gasteiger charge is 2.18. The number of aromatic hydroxyl groups is 1. The molecule has 1 saturated heterocycles. The molecule has 6 heteroatoms. The van der Waals surface area contributed by atoms with Crippen LogP contribution in [0.2, 0.25) is 0 Å². The van der Waals surface area contributed by atoms with E-state index in [9.17, 15) is 5.11 Å². The van der Waals surface area contributed by atoms with E-state index in [-0.39, 0.29) is 0 Å². The van der Waals surface area contributed by atoms with Crippen molar-refractivity contribution in [1.82, 2.24) is 14.9 Å². The number of nitrogens with zero attached hydrogens (tertiary/aromatic N) is 2. The lowest BCUT2D eigenvalue weighted by atomic mass is 10.0. The Labute approximate surface area is 170 Å². The van der Waals surface area contributed by atoms with E-state index in [2.05, 4.69) is 22.0 Å². The van der Waals surface area contributed by atoms with Crippen LogP contribution in [-0.4, -0.2) is 32.3 Å². The number of fused-ring (bicyclic) bond motifs is 1. The molecule has 4 rings (SSSR count). The SMILES string of the molecule is Cc1c(O)c(C)c2nc(COc3ccc(CC4CNCS4)cc3)n(C)c2c1C. The van der Waals surface area contributed by atoms with E-state index in [1.807, 2.05) is 51.7 Å². The first-order valence-corrected chi connectivity index (χ1v) is 10.7. The number of aryl methyl sites for hydroxylation is 3. The number of rotatable bonds is 5. The molecule has 0 aliphatic carbocycles. The lowest BCUT2D eigenvalue weighted by Gasteiger charge is -2.11. The Balaban J connectivity index is 1.50. The van der Waals surface area contributed by atoms with Gasteiger partial charge in [-0.25, -0.2) is 4.98 Å². The van der Waals surface area contributed by atoms with Crippen LogP contribution in [0.5, 0.6) is 11.5 Å². The van der Waals surface area contributed by atoms with Crippen molar-refractivity contribution in [3.05, 3.63) is 52.3 Å². The molecule has 0 bridgehead atoms. The second-order valence-corrected chi connectivity index (χ2v) is 8.82. The second kappa shape index (κ2) is 7.68. The molecule has 0 radical (unpaired) electrons. The Morgan fingerprint density at radius 2 is 1.93 bits per heavy atom. The van der Waals surface area contributed by atoms with Gasteiger partial charge < -0.3 is 19.7 Å². The second-order valence-electron chi connectivity index (χ2n) is 7.53. The molecule has 5 nitrogen and oxygen atoms in total. The number of ether oxygens (including phenoxy) is 1. The summed E-state index contributed by atoms with van der Waals surface area (Å²) in [6.45, 7) is 7.37. The van der Waals surface area contributed by atoms with Crippen LogP contribution in [-0.2, 0) is 20.1 Å². The van der Waals surface area contributed by atoms with Crippen molar-refractivity contribution < 1.29 is 9.84 Å². The monoisotopic (exact) mass is 397 g/mol. The smallest absolute Gasteiger partial charge is 0.147 e. The van der Waals surface area contributed by atoms with Crippen LogP contribution in [0.1, 0.15) is 28.1 Å². The minimum Gasteiger partial charge on any atom is -0.507 e. The van der Waals surface area contributed by atoms with E-state index in [1.54, 1.807) is 0 Å². The predicted octanol–water partition coefficient (Wildman–Crippen LogP) is 3.99. The van der Waals surface area contributed by atoms with E-state index < -0.39 is 0 Å². The molecule has 2 N–H and O–H groups in total. The summed E-state index contributed by atoms with van der Waals surface area (Å²) in [5.74, 6) is 3.09. The van der Waals surface area contributed by atoms with Gasteiger partial charge in [-0.05, 0) is 56.0 Å². The first kappa shape index (κ1) is 19.2. The number of hydrogen-bond donors (Lipinski definition) is 2. The van der Waals surface area contributed by atoms with Gasteiger partial charge >= 0.3 is 0 Å². The van der Waals surface area contributed by atoms with Crippen molar-refractivity contribution >= 4 is 22.8 Å². The van der Waals surface area contributed by atoms with Crippen molar-refractivity contribution in [3.8, 4) is 11.5 Å². The summed E-state index contributed by atoms with van der Waals surface area (Å²) in [7, 11) is 2.01. The molecule has 1 unspecified atom stereocenters. The fraction of sp³-hybridized carbons (Fsp3) is 0.409. The molecule has 1 fully saturated rings. The van der Waals surface area contributed by atoms with Crippen LogP contribution < -0.4 is 10.1 Å². The maximum Gasteiger partial charge on any atom is 0.147 e. The number of hydrogen-bond acceptors (Lipinski definition) is 5. The average molecular weight is 398 g/mol. The zero-order valence-electron chi connectivity index (χ0n) is 16.9. The summed E-state index contributed by atoms with van der Waals surface area (Å²) >= 11 is 1.99. The molecule has 148 valence electrons. The topological polar surface area (TPSA) is 59.3 Å². The first-order valence-electron chi connectivity index (χ1n) is 9.63. The van der Waals surface area contributed by atoms with Crippen LogP contribution >= 0.6 is 11.8 Å². The van der Waals surface area contributed by atoms with E-state index in [1.165, 1.54) is 5.56 Å². The third-order valence-corrected chi connectivity index (χ3v) is 6.89. The average Bonchev–Trinajstić information content (AvgIpc) is 3.32. The third kappa shape index (κ3) is 3.47. The Hall–Kier alpha value is -2.18. The van der Waals surface area contributed by atoms with Crippen molar-refractivity contribution in [2.24, 2.45) is 7.05 Å². The minimum absolute atomic E-state index is 0.335. The number of aromatic nitrogens is 2. The fourth-order valence-corrected chi connectivity index (χ4v) is 4.85.